The van der Waals surface area contributed by atoms with Crippen molar-refractivity contribution in [1.29, 1.82) is 0 Å². The van der Waals surface area contributed by atoms with Gasteiger partial charge in [0.1, 0.15) is 5.60 Å². The van der Waals surface area contributed by atoms with Crippen molar-refractivity contribution < 1.29 is 19.4 Å². The summed E-state index contributed by atoms with van der Waals surface area (Å²) in [5, 5.41) is 8.91. The number of carbonyl (C=O) groups excluding carboxylic acids is 2. The van der Waals surface area contributed by atoms with Crippen LogP contribution in [-0.4, -0.2) is 46.7 Å². The Labute approximate surface area is 99.4 Å². The number of nitrogens with zero attached hydrogens (tertiary/aromatic N) is 2. The lowest BCUT2D eigenvalue weighted by molar-refractivity contribution is -0.162. The topological polar surface area (TPSA) is 88.3 Å². The number of esters is 1. The van der Waals surface area contributed by atoms with Gasteiger partial charge in [0.25, 0.3) is 0 Å². The fourth-order valence-electron chi connectivity index (χ4n) is 1.27. The molecule has 1 aliphatic rings. The maximum atomic E-state index is 11.9. The van der Waals surface area contributed by atoms with Gasteiger partial charge in [-0.05, 0) is 27.7 Å². The van der Waals surface area contributed by atoms with Crippen molar-refractivity contribution in [2.24, 2.45) is 9.98 Å². The molecule has 0 saturated carbocycles. The van der Waals surface area contributed by atoms with Crippen LogP contribution < -0.4 is 0 Å². The number of aliphatic hydroxyl groups excluding tert-OH is 1. The largest absolute Gasteiger partial charge is 0.456 e. The van der Waals surface area contributed by atoms with E-state index in [1.807, 2.05) is 0 Å². The molecule has 0 aromatic heterocycles. The van der Waals surface area contributed by atoms with Crippen LogP contribution in [0.3, 0.4) is 0 Å². The minimum atomic E-state index is -1.87. The van der Waals surface area contributed by atoms with Crippen LogP contribution >= 0.6 is 0 Å². The van der Waals surface area contributed by atoms with Gasteiger partial charge in [-0.1, -0.05) is 0 Å². The number of ether oxygens (including phenoxy) is 1. The average Bonchev–Trinajstić information content (AvgIpc) is 2.59. The van der Waals surface area contributed by atoms with Crippen LogP contribution in [0.4, 0.5) is 0 Å². The number of Topliss-reactive ketones (excluding diaryl/α,β-unsaturated/α-hetero) is 1. The van der Waals surface area contributed by atoms with Crippen molar-refractivity contribution in [3.05, 3.63) is 0 Å². The Hall–Kier alpha value is -1.56. The fourth-order valence-corrected chi connectivity index (χ4v) is 1.27. The van der Waals surface area contributed by atoms with Crippen LogP contribution in [0.25, 0.3) is 0 Å². The van der Waals surface area contributed by atoms with E-state index in [1.165, 1.54) is 13.1 Å². The standard InChI is InChI=1S/C11H16N2O4/c1-7(15)11(9(16)17-10(2,3)4)12-5-8(6-14)13-11/h5,14H,6H2,1-4H3. The lowest BCUT2D eigenvalue weighted by Crippen LogP contribution is -2.45. The summed E-state index contributed by atoms with van der Waals surface area (Å²) in [6.45, 7) is 5.91. The zero-order chi connectivity index (χ0) is 13.3. The van der Waals surface area contributed by atoms with E-state index in [0.717, 1.165) is 0 Å². The van der Waals surface area contributed by atoms with Gasteiger partial charge in [-0.25, -0.2) is 14.8 Å². The second-order valence-electron chi connectivity index (χ2n) is 4.75. The molecule has 1 atom stereocenters. The molecule has 1 N–H and O–H groups in total. The average molecular weight is 240 g/mol. The molecule has 0 fully saturated rings. The van der Waals surface area contributed by atoms with Crippen LogP contribution in [0.2, 0.25) is 0 Å². The molecule has 0 bridgehead atoms. The third-order valence-electron chi connectivity index (χ3n) is 2.04. The first-order valence-corrected chi connectivity index (χ1v) is 5.20. The van der Waals surface area contributed by atoms with Crippen molar-refractivity contribution in [2.75, 3.05) is 6.61 Å². The van der Waals surface area contributed by atoms with E-state index in [-0.39, 0.29) is 12.3 Å². The molecule has 1 unspecified atom stereocenters. The van der Waals surface area contributed by atoms with Gasteiger partial charge in [-0.3, -0.25) is 4.79 Å². The Morgan fingerprint density at radius 1 is 1.47 bits per heavy atom. The van der Waals surface area contributed by atoms with Crippen molar-refractivity contribution in [2.45, 2.75) is 39.0 Å². The Kier molecular flexibility index (Phi) is 3.47. The van der Waals surface area contributed by atoms with Crippen molar-refractivity contribution >= 4 is 23.7 Å². The molecular weight excluding hydrogens is 224 g/mol. The van der Waals surface area contributed by atoms with Crippen LogP contribution in [-0.2, 0) is 14.3 Å². The van der Waals surface area contributed by atoms with E-state index in [1.54, 1.807) is 20.8 Å². The first-order valence-electron chi connectivity index (χ1n) is 5.20. The summed E-state index contributed by atoms with van der Waals surface area (Å²) in [4.78, 5) is 31.1. The van der Waals surface area contributed by atoms with Crippen LogP contribution in [0, 0.1) is 0 Å². The smallest absolute Gasteiger partial charge is 0.365 e. The molecular formula is C11H16N2O4. The highest BCUT2D eigenvalue weighted by Gasteiger charge is 2.48. The Morgan fingerprint density at radius 3 is 2.41 bits per heavy atom. The van der Waals surface area contributed by atoms with Crippen molar-refractivity contribution in [1.82, 2.24) is 0 Å². The van der Waals surface area contributed by atoms with Gasteiger partial charge in [0.15, 0.2) is 5.78 Å². The second-order valence-corrected chi connectivity index (χ2v) is 4.75. The number of rotatable bonds is 3. The summed E-state index contributed by atoms with van der Waals surface area (Å²) in [6, 6.07) is 0. The third-order valence-corrected chi connectivity index (χ3v) is 2.04. The number of hydrogen-bond acceptors (Lipinski definition) is 6. The fraction of sp³-hybridized carbons (Fsp3) is 0.636. The van der Waals surface area contributed by atoms with E-state index < -0.39 is 23.0 Å². The zero-order valence-electron chi connectivity index (χ0n) is 10.4. The minimum absolute atomic E-state index is 0.186. The van der Waals surface area contributed by atoms with Crippen molar-refractivity contribution in [3.8, 4) is 0 Å². The zero-order valence-corrected chi connectivity index (χ0v) is 10.4. The molecule has 0 aromatic rings. The van der Waals surface area contributed by atoms with Gasteiger partial charge in [0, 0.05) is 6.21 Å². The monoisotopic (exact) mass is 240 g/mol. The number of aliphatic imine (C=N–C) groups is 2. The molecule has 0 spiro atoms. The molecule has 17 heavy (non-hydrogen) atoms. The molecule has 0 saturated heterocycles. The molecule has 0 amide bonds. The maximum Gasteiger partial charge on any atom is 0.365 e. The number of aliphatic hydroxyl groups is 1. The molecule has 6 nitrogen and oxygen atoms in total. The molecule has 94 valence electrons. The van der Waals surface area contributed by atoms with Crippen LogP contribution in [0.5, 0.6) is 0 Å². The van der Waals surface area contributed by atoms with E-state index in [4.69, 9.17) is 9.84 Å². The van der Waals surface area contributed by atoms with Gasteiger partial charge in [-0.15, -0.1) is 0 Å². The second kappa shape index (κ2) is 4.37. The summed E-state index contributed by atoms with van der Waals surface area (Å²) >= 11 is 0. The third kappa shape index (κ3) is 2.76. The van der Waals surface area contributed by atoms with E-state index in [2.05, 4.69) is 9.98 Å². The predicted octanol–water partition coefficient (Wildman–Crippen LogP) is 0.131. The first-order chi connectivity index (χ1) is 7.71. The van der Waals surface area contributed by atoms with Gasteiger partial charge in [-0.2, -0.15) is 0 Å². The molecule has 6 heteroatoms. The highest BCUT2D eigenvalue weighted by Crippen LogP contribution is 2.24. The van der Waals surface area contributed by atoms with Gasteiger partial charge in [0.2, 0.25) is 0 Å². The Bertz CT molecular complexity index is 406. The highest BCUT2D eigenvalue weighted by molar-refractivity contribution is 6.35. The molecule has 1 aliphatic heterocycles. The highest BCUT2D eigenvalue weighted by atomic mass is 16.6. The molecule has 1 heterocycles. The van der Waals surface area contributed by atoms with Gasteiger partial charge < -0.3 is 9.84 Å². The lowest BCUT2D eigenvalue weighted by Gasteiger charge is -2.25. The van der Waals surface area contributed by atoms with E-state index in [0.29, 0.717) is 0 Å². The first kappa shape index (κ1) is 13.5. The van der Waals surface area contributed by atoms with Gasteiger partial charge >= 0.3 is 11.6 Å². The summed E-state index contributed by atoms with van der Waals surface area (Å²) in [6.07, 6.45) is 1.21. The van der Waals surface area contributed by atoms with Crippen molar-refractivity contribution in [3.63, 3.8) is 0 Å². The van der Waals surface area contributed by atoms with E-state index >= 15 is 0 Å². The summed E-state index contributed by atoms with van der Waals surface area (Å²) in [7, 11) is 0. The quantitative estimate of drug-likeness (QED) is 0.561. The summed E-state index contributed by atoms with van der Waals surface area (Å²) < 4.78 is 5.12. The number of carbonyl (C=O) groups is 2. The van der Waals surface area contributed by atoms with E-state index in [9.17, 15) is 9.59 Å². The van der Waals surface area contributed by atoms with Gasteiger partial charge in [0.05, 0.1) is 12.3 Å². The molecule has 1 rings (SSSR count). The molecule has 0 radical (unpaired) electrons. The summed E-state index contributed by atoms with van der Waals surface area (Å²) in [5.74, 6) is -1.36. The SMILES string of the molecule is CC(=O)C1(C(=O)OC(C)(C)C)N=CC(CO)=N1. The lowest BCUT2D eigenvalue weighted by atomic mass is 10.1. The minimum Gasteiger partial charge on any atom is -0.456 e. The predicted molar refractivity (Wildman–Crippen MR) is 62.3 cm³/mol. The number of hydrogen-bond donors (Lipinski definition) is 1. The Balaban J connectivity index is 3.05. The van der Waals surface area contributed by atoms with Crippen LogP contribution in [0.1, 0.15) is 27.7 Å². The molecule has 0 aromatic carbocycles. The summed E-state index contributed by atoms with van der Waals surface area (Å²) in [5.41, 5.74) is -2.41. The maximum absolute atomic E-state index is 11.9. The number of ketones is 1. The normalized spacial score (nSPS) is 23.5. The molecule has 0 aliphatic carbocycles. The Morgan fingerprint density at radius 2 is 2.06 bits per heavy atom. The van der Waals surface area contributed by atoms with Crippen LogP contribution in [0.15, 0.2) is 9.98 Å².